The number of rotatable bonds is 4. The minimum atomic E-state index is -0.171. The molecule has 0 bridgehead atoms. The van der Waals surface area contributed by atoms with Gasteiger partial charge < -0.3 is 4.74 Å². The van der Waals surface area contributed by atoms with Crippen molar-refractivity contribution in [2.45, 2.75) is 0 Å². The number of carbonyl (C=O) groups excluding carboxylic acids is 1. The van der Waals surface area contributed by atoms with Crippen LogP contribution in [0, 0.1) is 0 Å². The summed E-state index contributed by atoms with van der Waals surface area (Å²) in [6.07, 6.45) is 1.77. The van der Waals surface area contributed by atoms with Crippen LogP contribution in [-0.2, 0) is 4.79 Å². The number of hydrogen-bond acceptors (Lipinski definition) is 3. The molecule has 4 rings (SSSR count). The third-order valence-corrected chi connectivity index (χ3v) is 4.94. The summed E-state index contributed by atoms with van der Waals surface area (Å²) in [4.78, 5) is 19.6. The molecule has 0 aromatic heterocycles. The third kappa shape index (κ3) is 3.49. The van der Waals surface area contributed by atoms with Crippen LogP contribution in [0.15, 0.2) is 94.0 Å². The summed E-state index contributed by atoms with van der Waals surface area (Å²) < 4.78 is 6.37. The van der Waals surface area contributed by atoms with Crippen LogP contribution in [0.3, 0.4) is 0 Å². The molecule has 28 heavy (non-hydrogen) atoms. The molecule has 0 unspecified atom stereocenters. The van der Waals surface area contributed by atoms with Crippen molar-refractivity contribution in [3.63, 3.8) is 0 Å². The molecule has 0 fully saturated rings. The zero-order valence-corrected chi connectivity index (χ0v) is 16.8. The Balaban J connectivity index is 1.84. The summed E-state index contributed by atoms with van der Waals surface area (Å²) in [6.45, 7) is 0. The summed E-state index contributed by atoms with van der Waals surface area (Å²) >= 11 is 3.45. The average molecular weight is 433 g/mol. The topological polar surface area (TPSA) is 41.9 Å². The van der Waals surface area contributed by atoms with Crippen LogP contribution in [0.5, 0.6) is 5.75 Å². The minimum absolute atomic E-state index is 0.171. The van der Waals surface area contributed by atoms with Crippen LogP contribution in [0.4, 0.5) is 5.69 Å². The quantitative estimate of drug-likeness (QED) is 0.525. The number of methoxy groups -OCH3 is 1. The lowest BCUT2D eigenvalue weighted by atomic mass is 10.1. The number of anilines is 1. The zero-order chi connectivity index (χ0) is 19.5. The Hall–Kier alpha value is -3.18. The van der Waals surface area contributed by atoms with Gasteiger partial charge in [-0.2, -0.15) is 0 Å². The lowest BCUT2D eigenvalue weighted by Crippen LogP contribution is -2.32. The number of amidine groups is 1. The molecule has 0 spiro atoms. The summed E-state index contributed by atoms with van der Waals surface area (Å²) in [5.41, 5.74) is 2.81. The van der Waals surface area contributed by atoms with Crippen molar-refractivity contribution in [2.24, 2.45) is 4.99 Å². The molecule has 0 saturated heterocycles. The van der Waals surface area contributed by atoms with Crippen LogP contribution in [0.1, 0.15) is 11.1 Å². The number of amides is 1. The molecule has 138 valence electrons. The summed E-state index contributed by atoms with van der Waals surface area (Å²) in [5, 5.41) is 0. The minimum Gasteiger partial charge on any atom is -0.496 e. The largest absolute Gasteiger partial charge is 0.496 e. The van der Waals surface area contributed by atoms with Crippen molar-refractivity contribution in [3.8, 4) is 5.75 Å². The van der Waals surface area contributed by atoms with E-state index in [1.165, 1.54) is 0 Å². The Bertz CT molecular complexity index is 1070. The van der Waals surface area contributed by atoms with E-state index in [9.17, 15) is 4.79 Å². The number of hydrogen-bond donors (Lipinski definition) is 0. The average Bonchev–Trinajstić information content (AvgIpc) is 3.05. The Labute approximate surface area is 171 Å². The number of benzene rings is 3. The Morgan fingerprint density at radius 3 is 2.32 bits per heavy atom. The molecule has 0 radical (unpaired) electrons. The molecule has 4 nitrogen and oxygen atoms in total. The predicted octanol–water partition coefficient (Wildman–Crippen LogP) is 5.29. The fourth-order valence-electron chi connectivity index (χ4n) is 3.06. The Morgan fingerprint density at radius 1 is 0.929 bits per heavy atom. The maximum absolute atomic E-state index is 13.3. The highest BCUT2D eigenvalue weighted by atomic mass is 79.9. The molecule has 0 N–H and O–H groups in total. The van der Waals surface area contributed by atoms with E-state index in [1.54, 1.807) is 18.1 Å². The second-order valence-electron chi connectivity index (χ2n) is 6.19. The number of carbonyl (C=O) groups is 1. The van der Waals surface area contributed by atoms with Gasteiger partial charge in [0.25, 0.3) is 5.91 Å². The van der Waals surface area contributed by atoms with Crippen molar-refractivity contribution >= 4 is 39.4 Å². The van der Waals surface area contributed by atoms with Crippen LogP contribution in [0.25, 0.3) is 6.08 Å². The highest BCUT2D eigenvalue weighted by molar-refractivity contribution is 9.10. The standard InChI is InChI=1S/C23H17BrN2O2/c1-28-21-10-6-5-7-17(21)15-20-23(27)26(19-8-3-2-4-9-19)22(25-20)16-11-13-18(24)14-12-16/h2-15H,1H3/b20-15+. The van der Waals surface area contributed by atoms with Gasteiger partial charge >= 0.3 is 0 Å². The van der Waals surface area contributed by atoms with Gasteiger partial charge in [0.2, 0.25) is 0 Å². The van der Waals surface area contributed by atoms with Crippen LogP contribution in [-0.4, -0.2) is 18.9 Å². The second-order valence-corrected chi connectivity index (χ2v) is 7.11. The van der Waals surface area contributed by atoms with Gasteiger partial charge in [-0.3, -0.25) is 9.69 Å². The smallest absolute Gasteiger partial charge is 0.282 e. The normalized spacial score (nSPS) is 15.1. The number of para-hydroxylation sites is 2. The first kappa shape index (κ1) is 18.2. The van der Waals surface area contributed by atoms with Gasteiger partial charge in [-0.05, 0) is 36.4 Å². The molecule has 3 aromatic carbocycles. The number of nitrogens with zero attached hydrogens (tertiary/aromatic N) is 2. The van der Waals surface area contributed by atoms with Crippen molar-refractivity contribution in [2.75, 3.05) is 12.0 Å². The lowest BCUT2D eigenvalue weighted by Gasteiger charge is -2.18. The van der Waals surface area contributed by atoms with Gasteiger partial charge in [0.15, 0.2) is 0 Å². The first-order chi connectivity index (χ1) is 13.7. The van der Waals surface area contributed by atoms with Gasteiger partial charge in [0.05, 0.1) is 12.8 Å². The van der Waals surface area contributed by atoms with Gasteiger partial charge in [-0.25, -0.2) is 4.99 Å². The van der Waals surface area contributed by atoms with E-state index in [2.05, 4.69) is 20.9 Å². The maximum atomic E-state index is 13.3. The van der Waals surface area contributed by atoms with E-state index in [0.29, 0.717) is 17.3 Å². The molecule has 0 aliphatic carbocycles. The molecule has 0 saturated carbocycles. The predicted molar refractivity (Wildman–Crippen MR) is 116 cm³/mol. The molecule has 1 aliphatic rings. The first-order valence-electron chi connectivity index (χ1n) is 8.76. The van der Waals surface area contributed by atoms with E-state index in [1.807, 2.05) is 78.9 Å². The first-order valence-corrected chi connectivity index (χ1v) is 9.55. The molecular formula is C23H17BrN2O2. The fourth-order valence-corrected chi connectivity index (χ4v) is 3.32. The van der Waals surface area contributed by atoms with Crippen molar-refractivity contribution < 1.29 is 9.53 Å². The van der Waals surface area contributed by atoms with Gasteiger partial charge in [0.1, 0.15) is 17.3 Å². The van der Waals surface area contributed by atoms with Gasteiger partial charge in [-0.1, -0.05) is 64.5 Å². The van der Waals surface area contributed by atoms with E-state index >= 15 is 0 Å². The number of aliphatic imine (C=N–C) groups is 1. The fraction of sp³-hybridized carbons (Fsp3) is 0.0435. The van der Waals surface area contributed by atoms with E-state index in [4.69, 9.17) is 4.74 Å². The van der Waals surface area contributed by atoms with Crippen molar-refractivity contribution in [3.05, 3.63) is 100 Å². The van der Waals surface area contributed by atoms with E-state index in [0.717, 1.165) is 21.3 Å². The molecule has 1 heterocycles. The number of halogens is 1. The van der Waals surface area contributed by atoms with Gasteiger partial charge in [0, 0.05) is 15.6 Å². The maximum Gasteiger partial charge on any atom is 0.282 e. The van der Waals surface area contributed by atoms with Crippen LogP contribution in [0.2, 0.25) is 0 Å². The molecule has 1 amide bonds. The van der Waals surface area contributed by atoms with Crippen molar-refractivity contribution in [1.29, 1.82) is 0 Å². The number of ether oxygens (including phenoxy) is 1. The van der Waals surface area contributed by atoms with Gasteiger partial charge in [-0.15, -0.1) is 0 Å². The third-order valence-electron chi connectivity index (χ3n) is 4.41. The summed E-state index contributed by atoms with van der Waals surface area (Å²) in [5.74, 6) is 1.13. The van der Waals surface area contributed by atoms with Crippen molar-refractivity contribution in [1.82, 2.24) is 0 Å². The monoisotopic (exact) mass is 432 g/mol. The molecule has 1 aliphatic heterocycles. The molecular weight excluding hydrogens is 416 g/mol. The highest BCUT2D eigenvalue weighted by Gasteiger charge is 2.32. The van der Waals surface area contributed by atoms with Crippen LogP contribution < -0.4 is 9.64 Å². The molecule has 3 aromatic rings. The zero-order valence-electron chi connectivity index (χ0n) is 15.2. The Kier molecular flexibility index (Phi) is 5.08. The van der Waals surface area contributed by atoms with Crippen LogP contribution >= 0.6 is 15.9 Å². The van der Waals surface area contributed by atoms with E-state index < -0.39 is 0 Å². The summed E-state index contributed by atoms with van der Waals surface area (Å²) in [7, 11) is 1.61. The summed E-state index contributed by atoms with van der Waals surface area (Å²) in [6, 6.07) is 24.9. The SMILES string of the molecule is COc1ccccc1/C=C1/N=C(c2ccc(Br)cc2)N(c2ccccc2)C1=O. The lowest BCUT2D eigenvalue weighted by molar-refractivity contribution is -0.113. The molecule has 0 atom stereocenters. The van der Waals surface area contributed by atoms with E-state index in [-0.39, 0.29) is 5.91 Å². The molecule has 5 heteroatoms. The Morgan fingerprint density at radius 2 is 1.61 bits per heavy atom. The highest BCUT2D eigenvalue weighted by Crippen LogP contribution is 2.29. The second kappa shape index (κ2) is 7.82.